The average Bonchev–Trinajstić information content (AvgIpc) is 1.41. The summed E-state index contributed by atoms with van der Waals surface area (Å²) in [7, 11) is -16.8. The summed E-state index contributed by atoms with van der Waals surface area (Å²) < 4.78 is 0. The molecule has 22 heteroatoms. The Morgan fingerprint density at radius 3 is 0.273 bits per heavy atom. The van der Waals surface area contributed by atoms with Crippen molar-refractivity contribution in [1.29, 1.82) is 0 Å². The molecule has 0 aliphatic carbocycles. The van der Waals surface area contributed by atoms with Gasteiger partial charge >= 0.3 is 69.4 Å². The van der Waals surface area contributed by atoms with Crippen molar-refractivity contribution in [3.8, 4) is 0 Å². The molecule has 0 aromatic carbocycles. The molecule has 22 heavy (non-hydrogen) atoms. The molecule has 0 saturated heterocycles. The van der Waals surface area contributed by atoms with Crippen LogP contribution in [0, 0.1) is 0 Å². The van der Waals surface area contributed by atoms with Crippen LogP contribution in [0.4, 0.5) is 0 Å². The van der Waals surface area contributed by atoms with Crippen LogP contribution in [0.15, 0.2) is 0 Å². The van der Waals surface area contributed by atoms with Crippen molar-refractivity contribution >= 4 is 96.6 Å². The van der Waals surface area contributed by atoms with Crippen LogP contribution in [0.5, 0.6) is 0 Å². The van der Waals surface area contributed by atoms with Crippen molar-refractivity contribution in [1.82, 2.24) is 0 Å². The summed E-state index contributed by atoms with van der Waals surface area (Å²) in [5.74, 6) is 0. The Balaban J connectivity index is -0.0000000106. The van der Waals surface area contributed by atoms with E-state index in [1.807, 2.05) is 0 Å². The van der Waals surface area contributed by atoms with Crippen LogP contribution in [-0.4, -0.2) is 113 Å². The molecule has 0 saturated carbocycles. The Hall–Kier alpha value is 2.18. The summed E-state index contributed by atoms with van der Waals surface area (Å²) >= 11 is 0. The monoisotopic (exact) mass is 438 g/mol. The predicted molar refractivity (Wildman–Crippen MR) is 51.1 cm³/mol. The van der Waals surface area contributed by atoms with Crippen LogP contribution in [0.25, 0.3) is 0 Å². The van der Waals surface area contributed by atoms with Crippen LogP contribution in [0.3, 0.4) is 0 Å². The van der Waals surface area contributed by atoms with Gasteiger partial charge in [-0.2, -0.15) is 0 Å². The zero-order chi connectivity index (χ0) is 13.5. The van der Waals surface area contributed by atoms with E-state index in [0.717, 1.165) is 0 Å². The molecule has 0 rings (SSSR count). The van der Waals surface area contributed by atoms with E-state index in [1.165, 1.54) is 0 Å². The molecule has 0 aromatic rings. The van der Waals surface area contributed by atoms with Gasteiger partial charge in [-0.3, -0.25) is 0 Å². The van der Waals surface area contributed by atoms with Gasteiger partial charge in [0.1, 0.15) is 0 Å². The Morgan fingerprint density at radius 1 is 0.273 bits per heavy atom. The van der Waals surface area contributed by atoms with Crippen molar-refractivity contribution < 1.29 is 74.0 Å². The van der Waals surface area contributed by atoms with Crippen LogP contribution in [-0.2, 0) is 0 Å². The van der Waals surface area contributed by atoms with E-state index >= 15 is 0 Å². The van der Waals surface area contributed by atoms with E-state index < -0.39 is 27.1 Å². The smallest absolute Gasteiger partial charge is 0.894 e. The number of rotatable bonds is 0. The minimum absolute atomic E-state index is 0. The normalized spacial score (nSPS) is 8.18. The van der Waals surface area contributed by atoms with Crippen molar-refractivity contribution in [2.24, 2.45) is 0 Å². The van der Waals surface area contributed by atoms with E-state index in [4.69, 9.17) is 57.5 Å². The standard InChI is InChI=1S/4Al.3O4Si.3H2O/c;;;;3*1-5(2,3)4;;;/h;;;;;;;3*1H2/q4*+3;3*-4;;;. The third kappa shape index (κ3) is 2090. The Bertz CT molecular complexity index is 102. The summed E-state index contributed by atoms with van der Waals surface area (Å²) in [6, 6.07) is 0. The maximum Gasteiger partial charge on any atom is 3.00 e. The summed E-state index contributed by atoms with van der Waals surface area (Å²) in [6.07, 6.45) is 0. The van der Waals surface area contributed by atoms with Gasteiger partial charge in [0, 0.05) is 0 Å². The fourth-order valence-corrected chi connectivity index (χ4v) is 0. The van der Waals surface area contributed by atoms with Crippen LogP contribution in [0.2, 0.25) is 0 Å². The van der Waals surface area contributed by atoms with Gasteiger partial charge in [-0.25, -0.2) is 0 Å². The van der Waals surface area contributed by atoms with E-state index in [-0.39, 0.29) is 85.9 Å². The Kier molecular flexibility index (Phi) is 82.2. The van der Waals surface area contributed by atoms with Crippen molar-refractivity contribution in [3.63, 3.8) is 0 Å². The molecule has 0 aromatic heterocycles. The van der Waals surface area contributed by atoms with Gasteiger partial charge in [0.05, 0.1) is 0 Å². The molecule has 6 N–H and O–H groups in total. The minimum Gasteiger partial charge on any atom is -0.894 e. The second kappa shape index (κ2) is 28.0. The molecule has 0 amide bonds. The molecule has 0 unspecified atom stereocenters. The summed E-state index contributed by atoms with van der Waals surface area (Å²) in [4.78, 5) is 103. The van der Waals surface area contributed by atoms with Crippen LogP contribution in [0.1, 0.15) is 0 Å². The second-order valence-electron chi connectivity index (χ2n) is 1.50. The predicted octanol–water partition coefficient (Wildman–Crippen LogP) is -19.4. The Morgan fingerprint density at radius 2 is 0.273 bits per heavy atom. The van der Waals surface area contributed by atoms with Gasteiger partial charge in [-0.05, 0) is 0 Å². The molecule has 0 aliphatic heterocycles. The first-order valence-electron chi connectivity index (χ1n) is 2.45. The quantitative estimate of drug-likeness (QED) is 0.318. The fourth-order valence-electron chi connectivity index (χ4n) is 0. The maximum atomic E-state index is 8.58. The second-order valence-corrected chi connectivity index (χ2v) is 4.50. The van der Waals surface area contributed by atoms with Crippen LogP contribution >= 0.6 is 0 Å². The zero-order valence-electron chi connectivity index (χ0n) is 10.2. The van der Waals surface area contributed by atoms with Gasteiger partial charge in [0.15, 0.2) is 0 Å². The van der Waals surface area contributed by atoms with Gasteiger partial charge in [-0.15, -0.1) is 0 Å². The summed E-state index contributed by atoms with van der Waals surface area (Å²) in [5, 5.41) is 0. The van der Waals surface area contributed by atoms with E-state index in [9.17, 15) is 0 Å². The first-order valence-corrected chi connectivity index (χ1v) is 7.35. The third-order valence-corrected chi connectivity index (χ3v) is 0. The van der Waals surface area contributed by atoms with Crippen molar-refractivity contribution in [2.75, 3.05) is 0 Å². The molecule has 0 heterocycles. The van der Waals surface area contributed by atoms with Crippen molar-refractivity contribution in [2.45, 2.75) is 0 Å². The average molecular weight is 438 g/mol. The molecule has 15 nitrogen and oxygen atoms in total. The number of hydrogen-bond acceptors (Lipinski definition) is 12. The minimum atomic E-state index is -5.61. The van der Waals surface area contributed by atoms with Gasteiger partial charge in [0.2, 0.25) is 0 Å². The van der Waals surface area contributed by atoms with E-state index in [1.54, 1.807) is 0 Å². The molecule has 0 bridgehead atoms. The molecular formula is H6Al4O15Si3. The van der Waals surface area contributed by atoms with Gasteiger partial charge in [0.25, 0.3) is 0 Å². The first-order chi connectivity index (χ1) is 6.00. The third-order valence-electron chi connectivity index (χ3n) is 0. The first kappa shape index (κ1) is 64.6. The SMILES string of the molecule is O.O.O.[Al+3].[Al+3].[Al+3].[Al+3].[O-][Si]([O-])([O-])[O-].[O-][Si]([O-])([O-])[O-].[O-][Si]([O-])([O-])[O-]. The summed E-state index contributed by atoms with van der Waals surface area (Å²) in [6.45, 7) is 0. The van der Waals surface area contributed by atoms with E-state index in [0.29, 0.717) is 0 Å². The van der Waals surface area contributed by atoms with Gasteiger partial charge in [-0.1, -0.05) is 0 Å². The van der Waals surface area contributed by atoms with Crippen molar-refractivity contribution in [3.05, 3.63) is 0 Å². The molecule has 120 valence electrons. The van der Waals surface area contributed by atoms with Crippen LogP contribution < -0.4 is 57.5 Å². The van der Waals surface area contributed by atoms with E-state index in [2.05, 4.69) is 0 Å². The number of hydrogen-bond donors (Lipinski definition) is 0. The Labute approximate surface area is 169 Å². The largest absolute Gasteiger partial charge is 3.00 e. The zero-order valence-corrected chi connectivity index (χ0v) is 17.8. The molecule has 0 radical (unpaired) electrons. The molecule has 0 spiro atoms. The summed E-state index contributed by atoms with van der Waals surface area (Å²) in [5.41, 5.74) is 0. The fraction of sp³-hybridized carbons (Fsp3) is 0. The van der Waals surface area contributed by atoms with Gasteiger partial charge < -0.3 is 101 Å². The molecule has 0 fully saturated rings. The molecule has 0 aliphatic rings. The molecular weight excluding hydrogens is 432 g/mol. The topological polar surface area (TPSA) is 371 Å². The molecule has 0 atom stereocenters. The maximum absolute atomic E-state index is 8.58.